The summed E-state index contributed by atoms with van der Waals surface area (Å²) in [7, 11) is 0. The number of carboxylic acids is 1. The van der Waals surface area contributed by atoms with E-state index < -0.39 is 12.0 Å². The highest BCUT2D eigenvalue weighted by molar-refractivity contribution is 5.83. The molecule has 18 heavy (non-hydrogen) atoms. The Kier molecular flexibility index (Phi) is 3.78. The Labute approximate surface area is 108 Å². The smallest absolute Gasteiger partial charge is 0.326 e. The van der Waals surface area contributed by atoms with E-state index in [1.165, 1.54) is 4.90 Å². The Bertz CT molecular complexity index is 343. The fourth-order valence-electron chi connectivity index (χ4n) is 2.94. The first-order valence-electron chi connectivity index (χ1n) is 6.79. The van der Waals surface area contributed by atoms with E-state index >= 15 is 0 Å². The van der Waals surface area contributed by atoms with E-state index in [1.54, 1.807) is 0 Å². The monoisotopic (exact) mass is 254 g/mol. The number of hydrogen-bond acceptors (Lipinski definition) is 2. The van der Waals surface area contributed by atoms with Crippen LogP contribution in [0.5, 0.6) is 0 Å². The van der Waals surface area contributed by atoms with Crippen molar-refractivity contribution in [2.45, 2.75) is 39.2 Å². The maximum absolute atomic E-state index is 12.3. The first-order chi connectivity index (χ1) is 8.50. The van der Waals surface area contributed by atoms with Crippen molar-refractivity contribution in [1.29, 1.82) is 0 Å². The van der Waals surface area contributed by atoms with E-state index in [0.717, 1.165) is 25.9 Å². The Morgan fingerprint density at radius 2 is 1.94 bits per heavy atom. The number of carbonyl (C=O) groups is 2. The van der Waals surface area contributed by atoms with Crippen molar-refractivity contribution in [3.05, 3.63) is 0 Å². The molecule has 2 fully saturated rings. The van der Waals surface area contributed by atoms with E-state index in [-0.39, 0.29) is 6.03 Å². The minimum Gasteiger partial charge on any atom is -0.480 e. The molecule has 2 atom stereocenters. The van der Waals surface area contributed by atoms with Gasteiger partial charge < -0.3 is 14.9 Å². The molecule has 2 aliphatic rings. The summed E-state index contributed by atoms with van der Waals surface area (Å²) in [5.41, 5.74) is 0. The number of urea groups is 1. The van der Waals surface area contributed by atoms with Crippen LogP contribution in [0, 0.1) is 11.8 Å². The molecule has 5 heteroatoms. The quantitative estimate of drug-likeness (QED) is 0.814. The molecule has 2 rings (SSSR count). The number of carbonyl (C=O) groups excluding carboxylic acids is 1. The van der Waals surface area contributed by atoms with Crippen LogP contribution in [0.1, 0.15) is 33.1 Å². The highest BCUT2D eigenvalue weighted by Crippen LogP contribution is 2.26. The number of rotatable bonds is 2. The van der Waals surface area contributed by atoms with Crippen molar-refractivity contribution in [2.24, 2.45) is 11.8 Å². The molecule has 1 unspecified atom stereocenters. The molecule has 2 saturated heterocycles. The van der Waals surface area contributed by atoms with Crippen LogP contribution in [0.2, 0.25) is 0 Å². The Morgan fingerprint density at radius 3 is 2.50 bits per heavy atom. The van der Waals surface area contributed by atoms with E-state index in [0.29, 0.717) is 24.8 Å². The third-order valence-corrected chi connectivity index (χ3v) is 4.22. The first kappa shape index (κ1) is 13.2. The number of hydrogen-bond donors (Lipinski definition) is 1. The number of nitrogens with zero attached hydrogens (tertiary/aromatic N) is 2. The standard InChI is InChI=1S/C13H22N2O3/c1-9(2)10-5-7-14(8-10)13(18)15-6-3-4-11(15)12(16)17/h9-11H,3-8H2,1-2H3,(H,16,17)/t10?,11-/m1/s1. The molecular formula is C13H22N2O3. The largest absolute Gasteiger partial charge is 0.480 e. The van der Waals surface area contributed by atoms with Crippen molar-refractivity contribution >= 4 is 12.0 Å². The number of aliphatic carboxylic acids is 1. The molecule has 0 aromatic heterocycles. The summed E-state index contributed by atoms with van der Waals surface area (Å²) < 4.78 is 0. The van der Waals surface area contributed by atoms with Gasteiger partial charge >= 0.3 is 12.0 Å². The molecule has 0 saturated carbocycles. The lowest BCUT2D eigenvalue weighted by Gasteiger charge is -2.27. The van der Waals surface area contributed by atoms with E-state index in [9.17, 15) is 9.59 Å². The van der Waals surface area contributed by atoms with E-state index in [4.69, 9.17) is 5.11 Å². The van der Waals surface area contributed by atoms with Gasteiger partial charge in [0.25, 0.3) is 0 Å². The highest BCUT2D eigenvalue weighted by atomic mass is 16.4. The van der Waals surface area contributed by atoms with Crippen LogP contribution in [-0.4, -0.2) is 52.6 Å². The van der Waals surface area contributed by atoms with Gasteiger partial charge in [0.05, 0.1) is 0 Å². The van der Waals surface area contributed by atoms with Crippen molar-refractivity contribution in [3.8, 4) is 0 Å². The summed E-state index contributed by atoms with van der Waals surface area (Å²) in [4.78, 5) is 26.8. The zero-order valence-electron chi connectivity index (χ0n) is 11.1. The molecule has 2 heterocycles. The summed E-state index contributed by atoms with van der Waals surface area (Å²) in [5, 5.41) is 9.10. The lowest BCUT2D eigenvalue weighted by Crippen LogP contribution is -2.47. The Balaban J connectivity index is 1.98. The van der Waals surface area contributed by atoms with Gasteiger partial charge in [-0.15, -0.1) is 0 Å². The topological polar surface area (TPSA) is 60.9 Å². The van der Waals surface area contributed by atoms with Crippen molar-refractivity contribution < 1.29 is 14.7 Å². The van der Waals surface area contributed by atoms with Gasteiger partial charge in [-0.05, 0) is 31.1 Å². The Morgan fingerprint density at radius 1 is 1.22 bits per heavy atom. The first-order valence-corrected chi connectivity index (χ1v) is 6.79. The van der Waals surface area contributed by atoms with Crippen LogP contribution >= 0.6 is 0 Å². The Hall–Kier alpha value is -1.26. The molecular weight excluding hydrogens is 232 g/mol. The van der Waals surface area contributed by atoms with Crippen LogP contribution in [-0.2, 0) is 4.79 Å². The summed E-state index contributed by atoms with van der Waals surface area (Å²) in [6.07, 6.45) is 2.42. The summed E-state index contributed by atoms with van der Waals surface area (Å²) in [5.74, 6) is 0.261. The molecule has 0 aromatic carbocycles. The normalized spacial score (nSPS) is 28.2. The molecule has 5 nitrogen and oxygen atoms in total. The minimum atomic E-state index is -0.875. The zero-order chi connectivity index (χ0) is 13.3. The average molecular weight is 254 g/mol. The third kappa shape index (κ3) is 2.44. The number of likely N-dealkylation sites (tertiary alicyclic amines) is 2. The molecule has 2 amide bonds. The van der Waals surface area contributed by atoms with Gasteiger partial charge in [-0.25, -0.2) is 9.59 Å². The molecule has 2 aliphatic heterocycles. The van der Waals surface area contributed by atoms with Crippen LogP contribution in [0.3, 0.4) is 0 Å². The van der Waals surface area contributed by atoms with Gasteiger partial charge in [0, 0.05) is 19.6 Å². The lowest BCUT2D eigenvalue weighted by atomic mass is 9.95. The summed E-state index contributed by atoms with van der Waals surface area (Å²) >= 11 is 0. The highest BCUT2D eigenvalue weighted by Gasteiger charge is 2.38. The zero-order valence-corrected chi connectivity index (χ0v) is 11.1. The van der Waals surface area contributed by atoms with E-state index in [1.807, 2.05) is 4.90 Å². The van der Waals surface area contributed by atoms with Crippen molar-refractivity contribution in [2.75, 3.05) is 19.6 Å². The molecule has 1 N–H and O–H groups in total. The average Bonchev–Trinajstić information content (AvgIpc) is 2.97. The second-order valence-corrected chi connectivity index (χ2v) is 5.71. The number of amides is 2. The summed E-state index contributed by atoms with van der Waals surface area (Å²) in [6, 6.07) is -0.696. The predicted octanol–water partition coefficient (Wildman–Crippen LogP) is 1.63. The third-order valence-electron chi connectivity index (χ3n) is 4.22. The molecule has 102 valence electrons. The SMILES string of the molecule is CC(C)C1CCN(C(=O)N2CCC[C@@H]2C(=O)O)C1. The molecule has 0 radical (unpaired) electrons. The van der Waals surface area contributed by atoms with Gasteiger partial charge in [-0.3, -0.25) is 0 Å². The number of carboxylic acid groups (broad SMARTS) is 1. The summed E-state index contributed by atoms with van der Waals surface area (Å²) in [6.45, 7) is 6.48. The minimum absolute atomic E-state index is 0.0805. The van der Waals surface area contributed by atoms with Crippen LogP contribution in [0.25, 0.3) is 0 Å². The maximum Gasteiger partial charge on any atom is 0.326 e. The predicted molar refractivity (Wildman–Crippen MR) is 67.3 cm³/mol. The van der Waals surface area contributed by atoms with Crippen molar-refractivity contribution in [3.63, 3.8) is 0 Å². The fourth-order valence-corrected chi connectivity index (χ4v) is 2.94. The van der Waals surface area contributed by atoms with Gasteiger partial charge in [0.1, 0.15) is 6.04 Å². The van der Waals surface area contributed by atoms with Crippen LogP contribution in [0.15, 0.2) is 0 Å². The van der Waals surface area contributed by atoms with Gasteiger partial charge in [0.15, 0.2) is 0 Å². The fraction of sp³-hybridized carbons (Fsp3) is 0.846. The van der Waals surface area contributed by atoms with Gasteiger partial charge in [-0.1, -0.05) is 13.8 Å². The lowest BCUT2D eigenvalue weighted by molar-refractivity contribution is -0.141. The van der Waals surface area contributed by atoms with Crippen LogP contribution < -0.4 is 0 Å². The molecule has 0 aromatic rings. The maximum atomic E-state index is 12.3. The van der Waals surface area contributed by atoms with Gasteiger partial charge in [0.2, 0.25) is 0 Å². The van der Waals surface area contributed by atoms with Crippen LogP contribution in [0.4, 0.5) is 4.79 Å². The molecule has 0 spiro atoms. The van der Waals surface area contributed by atoms with Crippen molar-refractivity contribution in [1.82, 2.24) is 9.80 Å². The second kappa shape index (κ2) is 5.16. The van der Waals surface area contributed by atoms with E-state index in [2.05, 4.69) is 13.8 Å². The molecule has 0 aliphatic carbocycles. The van der Waals surface area contributed by atoms with Gasteiger partial charge in [-0.2, -0.15) is 0 Å². The second-order valence-electron chi connectivity index (χ2n) is 5.71. The molecule has 0 bridgehead atoms.